The Morgan fingerprint density at radius 2 is 1.17 bits per heavy atom. The van der Waals surface area contributed by atoms with Crippen LogP contribution in [0.15, 0.2) is 23.0 Å². The molecule has 0 radical (unpaired) electrons. The number of pyridine rings is 1. The number of aromatic nitrogens is 1. The number of ether oxygens (including phenoxy) is 2. The normalized spacial score (nSPS) is 11.3. The number of fused-ring (bicyclic) bond motifs is 1. The number of phenolic OH excluding ortho intramolecular Hbond substituents is 1. The first-order valence-corrected chi connectivity index (χ1v) is 14.8. The molecule has 2 aromatic rings. The lowest BCUT2D eigenvalue weighted by Gasteiger charge is -2.19. The summed E-state index contributed by atoms with van der Waals surface area (Å²) >= 11 is 0. The summed E-state index contributed by atoms with van der Waals surface area (Å²) in [5.41, 5.74) is 0.584. The van der Waals surface area contributed by atoms with Crippen LogP contribution in [0.2, 0.25) is 0 Å². The summed E-state index contributed by atoms with van der Waals surface area (Å²) in [4.78, 5) is 13.7. The largest absolute Gasteiger partial charge is 0.508 e. The van der Waals surface area contributed by atoms with Gasteiger partial charge in [0.2, 0.25) is 5.75 Å². The fourth-order valence-electron chi connectivity index (χ4n) is 4.69. The van der Waals surface area contributed by atoms with Crippen LogP contribution in [0.1, 0.15) is 124 Å². The smallest absolute Gasteiger partial charge is 0.297 e. The van der Waals surface area contributed by atoms with Gasteiger partial charge >= 0.3 is 0 Å². The number of aromatic hydroxyl groups is 1. The number of phenols is 1. The molecule has 0 aliphatic rings. The van der Waals surface area contributed by atoms with Crippen molar-refractivity contribution in [3.8, 4) is 17.2 Å². The van der Waals surface area contributed by atoms with Crippen molar-refractivity contribution >= 4 is 10.9 Å². The van der Waals surface area contributed by atoms with Gasteiger partial charge in [-0.25, -0.2) is 0 Å². The summed E-state index contributed by atoms with van der Waals surface area (Å²) in [6.45, 7) is 8.34. The van der Waals surface area contributed by atoms with E-state index in [-0.39, 0.29) is 11.3 Å². The van der Waals surface area contributed by atoms with E-state index in [9.17, 15) is 9.90 Å². The molecule has 5 nitrogen and oxygen atoms in total. The molecule has 2 rings (SSSR count). The molecule has 0 unspecified atom stereocenters. The Hall–Kier alpha value is -2.17. The highest BCUT2D eigenvalue weighted by Crippen LogP contribution is 2.35. The van der Waals surface area contributed by atoms with Gasteiger partial charge < -0.3 is 19.1 Å². The fraction of sp³-hybridized carbons (Fsp3) is 0.710. The van der Waals surface area contributed by atoms with Crippen molar-refractivity contribution < 1.29 is 14.6 Å². The van der Waals surface area contributed by atoms with E-state index in [2.05, 4.69) is 20.8 Å². The van der Waals surface area contributed by atoms with Crippen molar-refractivity contribution in [2.45, 2.75) is 130 Å². The first-order chi connectivity index (χ1) is 17.6. The molecule has 0 bridgehead atoms. The zero-order valence-corrected chi connectivity index (χ0v) is 23.3. The molecule has 1 aromatic carbocycles. The molecule has 0 aliphatic carbocycles. The minimum Gasteiger partial charge on any atom is -0.508 e. The van der Waals surface area contributed by atoms with E-state index >= 15 is 0 Å². The summed E-state index contributed by atoms with van der Waals surface area (Å²) < 4.78 is 14.2. The first-order valence-electron chi connectivity index (χ1n) is 14.8. The van der Waals surface area contributed by atoms with Crippen LogP contribution in [-0.4, -0.2) is 22.9 Å². The lowest BCUT2D eigenvalue weighted by atomic mass is 10.1. The highest BCUT2D eigenvalue weighted by atomic mass is 16.5. The molecule has 0 spiro atoms. The van der Waals surface area contributed by atoms with Crippen LogP contribution in [0.25, 0.3) is 10.9 Å². The van der Waals surface area contributed by atoms with Crippen LogP contribution in [0.4, 0.5) is 0 Å². The van der Waals surface area contributed by atoms with E-state index in [1.807, 2.05) is 6.07 Å². The zero-order chi connectivity index (χ0) is 26.0. The van der Waals surface area contributed by atoms with Gasteiger partial charge in [-0.15, -0.1) is 0 Å². The predicted molar refractivity (Wildman–Crippen MR) is 152 cm³/mol. The Balaban J connectivity index is 2.25. The van der Waals surface area contributed by atoms with Crippen molar-refractivity contribution in [3.63, 3.8) is 0 Å². The Labute approximate surface area is 219 Å². The second-order valence-corrected chi connectivity index (χ2v) is 10.1. The van der Waals surface area contributed by atoms with Gasteiger partial charge in [0.1, 0.15) is 5.75 Å². The molecular weight excluding hydrogens is 450 g/mol. The summed E-state index contributed by atoms with van der Waals surface area (Å²) in [6.07, 6.45) is 18.4. The molecule has 0 saturated heterocycles. The summed E-state index contributed by atoms with van der Waals surface area (Å²) in [5.74, 6) is 1.04. The zero-order valence-electron chi connectivity index (χ0n) is 23.3. The number of nitrogens with zero attached hydrogens (tertiary/aromatic N) is 1. The van der Waals surface area contributed by atoms with Gasteiger partial charge in [-0.2, -0.15) is 0 Å². The molecule has 0 amide bonds. The maximum Gasteiger partial charge on any atom is 0.297 e. The number of unbranched alkanes of at least 4 members (excludes halogenated alkanes) is 13. The van der Waals surface area contributed by atoms with E-state index in [1.54, 1.807) is 16.7 Å². The quantitative estimate of drug-likeness (QED) is 0.174. The Morgan fingerprint density at radius 1 is 0.667 bits per heavy atom. The second kappa shape index (κ2) is 18.1. The van der Waals surface area contributed by atoms with Crippen LogP contribution in [0.3, 0.4) is 0 Å². The number of benzene rings is 1. The van der Waals surface area contributed by atoms with Crippen LogP contribution in [0, 0.1) is 0 Å². The van der Waals surface area contributed by atoms with Gasteiger partial charge in [0.15, 0.2) is 5.75 Å². The number of aryl methyl sites for hydroxylation is 1. The van der Waals surface area contributed by atoms with E-state index in [4.69, 9.17) is 9.47 Å². The lowest BCUT2D eigenvalue weighted by molar-refractivity contribution is 0.256. The summed E-state index contributed by atoms with van der Waals surface area (Å²) in [5, 5.41) is 11.1. The highest BCUT2D eigenvalue weighted by molar-refractivity contribution is 5.89. The van der Waals surface area contributed by atoms with Crippen LogP contribution >= 0.6 is 0 Å². The van der Waals surface area contributed by atoms with Gasteiger partial charge in [0.25, 0.3) is 5.56 Å². The van der Waals surface area contributed by atoms with Crippen molar-refractivity contribution in [3.05, 3.63) is 28.6 Å². The van der Waals surface area contributed by atoms with Gasteiger partial charge in [-0.05, 0) is 31.4 Å². The predicted octanol–water partition coefficient (Wildman–Crippen LogP) is 8.77. The van der Waals surface area contributed by atoms with Crippen LogP contribution in [-0.2, 0) is 6.54 Å². The standard InChI is InChI=1S/C31H51NO4/c1-4-7-10-13-15-17-22-32-28-25-26(33)20-21-27(28)29(35-23-18-12-9-6-3)30(31(32)34)36-24-19-16-14-11-8-5-2/h20-21,25,33H,4-19,22-24H2,1-3H3. The Bertz CT molecular complexity index is 921. The maximum absolute atomic E-state index is 13.7. The minimum atomic E-state index is -0.142. The average Bonchev–Trinajstić information content (AvgIpc) is 2.87. The molecule has 0 saturated carbocycles. The monoisotopic (exact) mass is 501 g/mol. The highest BCUT2D eigenvalue weighted by Gasteiger charge is 2.20. The summed E-state index contributed by atoms with van der Waals surface area (Å²) in [7, 11) is 0. The molecule has 36 heavy (non-hydrogen) atoms. The third kappa shape index (κ3) is 10.1. The average molecular weight is 502 g/mol. The molecule has 0 fully saturated rings. The Morgan fingerprint density at radius 3 is 1.78 bits per heavy atom. The third-order valence-corrected chi connectivity index (χ3v) is 6.89. The Kier molecular flexibility index (Phi) is 15.1. The van der Waals surface area contributed by atoms with E-state index in [0.717, 1.165) is 49.4 Å². The van der Waals surface area contributed by atoms with Gasteiger partial charge in [-0.1, -0.05) is 104 Å². The lowest BCUT2D eigenvalue weighted by Crippen LogP contribution is -2.24. The van der Waals surface area contributed by atoms with Crippen molar-refractivity contribution in [2.75, 3.05) is 13.2 Å². The topological polar surface area (TPSA) is 60.7 Å². The van der Waals surface area contributed by atoms with Crippen molar-refractivity contribution in [2.24, 2.45) is 0 Å². The van der Waals surface area contributed by atoms with E-state index in [1.165, 1.54) is 64.2 Å². The molecule has 1 aromatic heterocycles. The summed E-state index contributed by atoms with van der Waals surface area (Å²) in [6, 6.07) is 5.22. The van der Waals surface area contributed by atoms with Crippen molar-refractivity contribution in [1.29, 1.82) is 0 Å². The SMILES string of the molecule is CCCCCCCCOc1c(OCCCCCC)c2ccc(O)cc2n(CCCCCCCC)c1=O. The number of hydrogen-bond donors (Lipinski definition) is 1. The van der Waals surface area contributed by atoms with Crippen molar-refractivity contribution in [1.82, 2.24) is 4.57 Å². The van der Waals surface area contributed by atoms with Gasteiger partial charge in [0, 0.05) is 18.0 Å². The number of hydrogen-bond acceptors (Lipinski definition) is 4. The fourth-order valence-corrected chi connectivity index (χ4v) is 4.69. The third-order valence-electron chi connectivity index (χ3n) is 6.89. The molecule has 1 N–H and O–H groups in total. The first kappa shape index (κ1) is 30.1. The van der Waals surface area contributed by atoms with Gasteiger partial charge in [0.05, 0.1) is 18.7 Å². The molecule has 204 valence electrons. The molecule has 1 heterocycles. The van der Waals surface area contributed by atoms with Gasteiger partial charge in [-0.3, -0.25) is 4.79 Å². The van der Waals surface area contributed by atoms with Crippen LogP contribution in [0.5, 0.6) is 17.2 Å². The molecule has 5 heteroatoms. The molecule has 0 atom stereocenters. The second-order valence-electron chi connectivity index (χ2n) is 10.1. The molecular formula is C31H51NO4. The minimum absolute atomic E-state index is 0.142. The van der Waals surface area contributed by atoms with E-state index in [0.29, 0.717) is 31.3 Å². The van der Waals surface area contributed by atoms with Crippen LogP contribution < -0.4 is 15.0 Å². The maximum atomic E-state index is 13.7. The number of rotatable bonds is 21. The molecule has 0 aliphatic heterocycles. The van der Waals surface area contributed by atoms with E-state index < -0.39 is 0 Å².